The first kappa shape index (κ1) is 22.7. The van der Waals surface area contributed by atoms with E-state index in [1.54, 1.807) is 7.11 Å². The van der Waals surface area contributed by atoms with Crippen molar-refractivity contribution in [1.82, 2.24) is 0 Å². The highest BCUT2D eigenvalue weighted by Gasteiger charge is 2.38. The van der Waals surface area contributed by atoms with Gasteiger partial charge in [0, 0.05) is 10.6 Å². The molecule has 0 radical (unpaired) electrons. The van der Waals surface area contributed by atoms with Gasteiger partial charge >= 0.3 is 0 Å². The minimum Gasteiger partial charge on any atom is -0.497 e. The van der Waals surface area contributed by atoms with Crippen LogP contribution >= 0.6 is 7.14 Å². The molecule has 0 amide bonds. The molecule has 0 aliphatic carbocycles. The number of para-hydroxylation sites is 2. The Morgan fingerprint density at radius 2 is 1.30 bits per heavy atom. The largest absolute Gasteiger partial charge is 0.497 e. The Morgan fingerprint density at radius 1 is 0.758 bits per heavy atom. The van der Waals surface area contributed by atoms with Crippen molar-refractivity contribution in [3.05, 3.63) is 115 Å². The standard InChI is InChI=1S/C28H28NO3P/c1-3-32-27-17-11-10-16-26(27)29-28(22-18-20-23(31-2)21-19-22)33(30,24-12-6-4-7-13-24)25-14-8-5-9-15-25/h4-21,28-29H,3H2,1-2H3/t28-/m1/s1. The Kier molecular flexibility index (Phi) is 7.16. The lowest BCUT2D eigenvalue weighted by Gasteiger charge is -2.31. The van der Waals surface area contributed by atoms with Crippen LogP contribution in [0.2, 0.25) is 0 Å². The molecule has 0 bridgehead atoms. The predicted octanol–water partition coefficient (Wildman–Crippen LogP) is 6.22. The van der Waals surface area contributed by atoms with Gasteiger partial charge < -0.3 is 19.4 Å². The van der Waals surface area contributed by atoms with Crippen molar-refractivity contribution in [3.63, 3.8) is 0 Å². The molecule has 0 aliphatic rings. The van der Waals surface area contributed by atoms with Gasteiger partial charge in [-0.15, -0.1) is 0 Å². The third-order valence-corrected chi connectivity index (χ3v) is 8.84. The van der Waals surface area contributed by atoms with E-state index in [1.165, 1.54) is 0 Å². The van der Waals surface area contributed by atoms with Gasteiger partial charge in [0.05, 0.1) is 19.4 Å². The second-order valence-corrected chi connectivity index (χ2v) is 10.4. The van der Waals surface area contributed by atoms with Crippen LogP contribution in [0, 0.1) is 0 Å². The van der Waals surface area contributed by atoms with E-state index in [-0.39, 0.29) is 0 Å². The molecule has 0 heterocycles. The van der Waals surface area contributed by atoms with Crippen LogP contribution in [0.25, 0.3) is 0 Å². The number of anilines is 1. The van der Waals surface area contributed by atoms with Crippen LogP contribution in [0.4, 0.5) is 5.69 Å². The molecule has 5 heteroatoms. The van der Waals surface area contributed by atoms with Gasteiger partial charge in [0.1, 0.15) is 17.3 Å². The number of ether oxygens (including phenoxy) is 2. The smallest absolute Gasteiger partial charge is 0.168 e. The van der Waals surface area contributed by atoms with Crippen LogP contribution in [0.15, 0.2) is 109 Å². The van der Waals surface area contributed by atoms with Crippen molar-refractivity contribution in [3.8, 4) is 11.5 Å². The molecule has 1 N–H and O–H groups in total. The maximum absolute atomic E-state index is 15.2. The third-order valence-electron chi connectivity index (χ3n) is 5.55. The lowest BCUT2D eigenvalue weighted by molar-refractivity contribution is 0.341. The number of rotatable bonds is 9. The first-order chi connectivity index (χ1) is 16.2. The number of hydrogen-bond donors (Lipinski definition) is 1. The zero-order valence-electron chi connectivity index (χ0n) is 18.8. The molecule has 0 aromatic heterocycles. The summed E-state index contributed by atoms with van der Waals surface area (Å²) in [6, 6.07) is 34.9. The second-order valence-electron chi connectivity index (χ2n) is 7.58. The molecule has 0 aliphatic heterocycles. The molecule has 0 spiro atoms. The van der Waals surface area contributed by atoms with Crippen molar-refractivity contribution in [2.24, 2.45) is 0 Å². The fraction of sp³-hybridized carbons (Fsp3) is 0.143. The summed E-state index contributed by atoms with van der Waals surface area (Å²) < 4.78 is 26.4. The van der Waals surface area contributed by atoms with Crippen LogP contribution in [-0.2, 0) is 4.57 Å². The average molecular weight is 458 g/mol. The van der Waals surface area contributed by atoms with E-state index in [9.17, 15) is 0 Å². The maximum Gasteiger partial charge on any atom is 0.168 e. The highest BCUT2D eigenvalue weighted by atomic mass is 31.2. The molecular formula is C28H28NO3P. The molecule has 1 atom stereocenters. The molecule has 0 unspecified atom stereocenters. The summed E-state index contributed by atoms with van der Waals surface area (Å²) in [5.74, 6) is 0.961. The Morgan fingerprint density at radius 3 is 1.85 bits per heavy atom. The van der Waals surface area contributed by atoms with E-state index in [1.807, 2.05) is 116 Å². The number of methoxy groups -OCH3 is 1. The van der Waals surface area contributed by atoms with E-state index < -0.39 is 12.9 Å². The molecule has 0 saturated heterocycles. The topological polar surface area (TPSA) is 47.6 Å². The van der Waals surface area contributed by atoms with Crippen LogP contribution in [-0.4, -0.2) is 13.7 Å². The predicted molar refractivity (Wildman–Crippen MR) is 137 cm³/mol. The van der Waals surface area contributed by atoms with Gasteiger partial charge in [-0.05, 0) is 36.8 Å². The van der Waals surface area contributed by atoms with Gasteiger partial charge in [0.15, 0.2) is 7.14 Å². The van der Waals surface area contributed by atoms with Gasteiger partial charge in [-0.1, -0.05) is 84.9 Å². The lowest BCUT2D eigenvalue weighted by atomic mass is 10.2. The summed E-state index contributed by atoms with van der Waals surface area (Å²) in [6.45, 7) is 2.50. The van der Waals surface area contributed by atoms with Crippen LogP contribution < -0.4 is 25.4 Å². The number of hydrogen-bond acceptors (Lipinski definition) is 4. The lowest BCUT2D eigenvalue weighted by Crippen LogP contribution is -2.26. The number of benzene rings is 4. The summed E-state index contributed by atoms with van der Waals surface area (Å²) in [6.07, 6.45) is 0. The molecular weight excluding hydrogens is 429 g/mol. The zero-order chi connectivity index (χ0) is 23.1. The highest BCUT2D eigenvalue weighted by Crippen LogP contribution is 2.57. The molecule has 4 nitrogen and oxygen atoms in total. The van der Waals surface area contributed by atoms with E-state index in [0.29, 0.717) is 6.61 Å². The molecule has 4 aromatic carbocycles. The minimum absolute atomic E-state index is 0.519. The van der Waals surface area contributed by atoms with E-state index >= 15 is 4.57 Å². The van der Waals surface area contributed by atoms with Crippen molar-refractivity contribution >= 4 is 23.4 Å². The molecule has 4 aromatic rings. The quantitative estimate of drug-likeness (QED) is 0.303. The fourth-order valence-electron chi connectivity index (χ4n) is 3.93. The Bertz CT molecular complexity index is 1170. The van der Waals surface area contributed by atoms with Gasteiger partial charge in [-0.2, -0.15) is 0 Å². The summed E-state index contributed by atoms with van der Waals surface area (Å²) in [5, 5.41) is 5.18. The van der Waals surface area contributed by atoms with Gasteiger partial charge in [0.2, 0.25) is 0 Å². The maximum atomic E-state index is 15.2. The monoisotopic (exact) mass is 457 g/mol. The number of nitrogens with one attached hydrogen (secondary N) is 1. The third kappa shape index (κ3) is 4.81. The normalized spacial score (nSPS) is 12.1. The van der Waals surface area contributed by atoms with E-state index in [4.69, 9.17) is 9.47 Å². The van der Waals surface area contributed by atoms with E-state index in [2.05, 4.69) is 5.32 Å². The Hall–Kier alpha value is -3.49. The van der Waals surface area contributed by atoms with Crippen molar-refractivity contribution in [2.75, 3.05) is 19.0 Å². The van der Waals surface area contributed by atoms with Crippen molar-refractivity contribution < 1.29 is 14.0 Å². The molecule has 4 rings (SSSR count). The minimum atomic E-state index is -3.19. The van der Waals surface area contributed by atoms with Crippen molar-refractivity contribution in [1.29, 1.82) is 0 Å². The Balaban J connectivity index is 1.92. The average Bonchev–Trinajstić information content (AvgIpc) is 2.89. The fourth-order valence-corrected chi connectivity index (χ4v) is 6.97. The molecule has 0 saturated carbocycles. The summed E-state index contributed by atoms with van der Waals surface area (Å²) in [4.78, 5) is 0. The second kappa shape index (κ2) is 10.4. The molecule has 0 fully saturated rings. The van der Waals surface area contributed by atoms with Crippen LogP contribution in [0.3, 0.4) is 0 Å². The zero-order valence-corrected chi connectivity index (χ0v) is 19.7. The highest BCUT2D eigenvalue weighted by molar-refractivity contribution is 7.79. The summed E-state index contributed by atoms with van der Waals surface area (Å²) in [7, 11) is -1.55. The first-order valence-electron chi connectivity index (χ1n) is 11.0. The van der Waals surface area contributed by atoms with Gasteiger partial charge in [-0.25, -0.2) is 0 Å². The summed E-state index contributed by atoms with van der Waals surface area (Å²) in [5.41, 5.74) is 1.70. The van der Waals surface area contributed by atoms with Gasteiger partial charge in [-0.3, -0.25) is 0 Å². The van der Waals surface area contributed by atoms with Crippen LogP contribution in [0.1, 0.15) is 18.3 Å². The molecule has 33 heavy (non-hydrogen) atoms. The molecule has 168 valence electrons. The summed E-state index contributed by atoms with van der Waals surface area (Å²) >= 11 is 0. The van der Waals surface area contributed by atoms with Gasteiger partial charge in [0.25, 0.3) is 0 Å². The van der Waals surface area contributed by atoms with Crippen molar-refractivity contribution in [2.45, 2.75) is 12.7 Å². The Labute approximate surface area is 195 Å². The van der Waals surface area contributed by atoms with Crippen LogP contribution in [0.5, 0.6) is 11.5 Å². The van der Waals surface area contributed by atoms with E-state index in [0.717, 1.165) is 33.4 Å². The first-order valence-corrected chi connectivity index (χ1v) is 12.8. The SMILES string of the molecule is CCOc1ccccc1N[C@@H](c1ccc(OC)cc1)P(=O)(c1ccccc1)c1ccccc1.